The quantitative estimate of drug-likeness (QED) is 0.591. The number of aryl methyl sites for hydroxylation is 4. The van der Waals surface area contributed by atoms with Gasteiger partial charge in [-0.25, -0.2) is 0 Å². The second kappa shape index (κ2) is 7.13. The summed E-state index contributed by atoms with van der Waals surface area (Å²) < 4.78 is 0. The summed E-state index contributed by atoms with van der Waals surface area (Å²) >= 11 is 0. The minimum Gasteiger partial charge on any atom is -0.0651 e. The van der Waals surface area contributed by atoms with Crippen LogP contribution in [0.5, 0.6) is 0 Å². The van der Waals surface area contributed by atoms with Crippen LogP contribution in [0.1, 0.15) is 60.1 Å². The fourth-order valence-electron chi connectivity index (χ4n) is 3.29. The first-order valence-corrected chi connectivity index (χ1v) is 8.68. The van der Waals surface area contributed by atoms with E-state index in [2.05, 4.69) is 65.8 Å². The Morgan fingerprint density at radius 2 is 0.955 bits per heavy atom. The number of hydrogen-bond acceptors (Lipinski definition) is 0. The van der Waals surface area contributed by atoms with Gasteiger partial charge in [0.25, 0.3) is 0 Å². The van der Waals surface area contributed by atoms with Crippen LogP contribution in [-0.2, 0) is 12.8 Å². The third-order valence-electron chi connectivity index (χ3n) is 4.82. The van der Waals surface area contributed by atoms with Gasteiger partial charge in [0.1, 0.15) is 0 Å². The number of benzene rings is 2. The van der Waals surface area contributed by atoms with Crippen molar-refractivity contribution in [3.8, 4) is 11.1 Å². The molecule has 118 valence electrons. The van der Waals surface area contributed by atoms with E-state index in [0.717, 1.165) is 0 Å². The molecule has 0 fully saturated rings. The van der Waals surface area contributed by atoms with Crippen molar-refractivity contribution in [2.75, 3.05) is 0 Å². The van der Waals surface area contributed by atoms with Crippen LogP contribution in [0, 0.1) is 27.7 Å². The molecule has 0 N–H and O–H groups in total. The highest BCUT2D eigenvalue weighted by molar-refractivity contribution is 5.74. The van der Waals surface area contributed by atoms with Gasteiger partial charge in [-0.3, -0.25) is 0 Å². The molecule has 0 nitrogen and oxygen atoms in total. The molecule has 0 aliphatic heterocycles. The Balaban J connectivity index is 2.64. The van der Waals surface area contributed by atoms with E-state index < -0.39 is 0 Å². The normalized spacial score (nSPS) is 11.0. The topological polar surface area (TPSA) is 0 Å². The summed E-state index contributed by atoms with van der Waals surface area (Å²) in [5, 5.41) is 0. The van der Waals surface area contributed by atoms with Gasteiger partial charge in [0, 0.05) is 0 Å². The minimum atomic E-state index is 1.17. The SMILES string of the molecule is CCCc1cc(C)c(C)c(-c2cc(CCC)cc(C)c2C)c1. The fraction of sp³-hybridized carbons (Fsp3) is 0.455. The highest BCUT2D eigenvalue weighted by Crippen LogP contribution is 2.32. The molecule has 0 heterocycles. The van der Waals surface area contributed by atoms with Crippen LogP contribution < -0.4 is 0 Å². The molecule has 0 bridgehead atoms. The summed E-state index contributed by atoms with van der Waals surface area (Å²) in [5.41, 5.74) is 11.5. The molecular formula is C22H30. The molecule has 0 atom stereocenters. The predicted molar refractivity (Wildman–Crippen MR) is 98.8 cm³/mol. The number of rotatable bonds is 5. The van der Waals surface area contributed by atoms with E-state index in [-0.39, 0.29) is 0 Å². The van der Waals surface area contributed by atoms with E-state index in [0.29, 0.717) is 0 Å². The van der Waals surface area contributed by atoms with Crippen molar-refractivity contribution in [2.45, 2.75) is 67.2 Å². The molecule has 0 heteroatoms. The van der Waals surface area contributed by atoms with E-state index in [1.165, 1.54) is 70.2 Å². The second-order valence-electron chi connectivity index (χ2n) is 6.67. The minimum absolute atomic E-state index is 1.17. The standard InChI is InChI=1S/C22H30/c1-7-9-19-11-15(3)17(5)21(13-19)22-14-20(10-8-2)12-16(4)18(22)6/h11-14H,7-10H2,1-6H3. The van der Waals surface area contributed by atoms with Crippen LogP contribution in [0.3, 0.4) is 0 Å². The summed E-state index contributed by atoms with van der Waals surface area (Å²) in [6, 6.07) is 9.56. The van der Waals surface area contributed by atoms with Crippen LogP contribution in [0.15, 0.2) is 24.3 Å². The van der Waals surface area contributed by atoms with E-state index in [9.17, 15) is 0 Å². The zero-order valence-electron chi connectivity index (χ0n) is 15.1. The summed E-state index contributed by atoms with van der Waals surface area (Å²) in [5.74, 6) is 0. The monoisotopic (exact) mass is 294 g/mol. The summed E-state index contributed by atoms with van der Waals surface area (Å²) in [7, 11) is 0. The first kappa shape index (κ1) is 16.8. The lowest BCUT2D eigenvalue weighted by atomic mass is 9.88. The van der Waals surface area contributed by atoms with Gasteiger partial charge in [0.05, 0.1) is 0 Å². The van der Waals surface area contributed by atoms with E-state index in [1.807, 2.05) is 0 Å². The highest BCUT2D eigenvalue weighted by atomic mass is 14.2. The van der Waals surface area contributed by atoms with Crippen LogP contribution in [-0.4, -0.2) is 0 Å². The third kappa shape index (κ3) is 3.43. The first-order valence-electron chi connectivity index (χ1n) is 8.68. The molecule has 0 unspecified atom stereocenters. The van der Waals surface area contributed by atoms with Gasteiger partial charge in [-0.1, -0.05) is 51.0 Å². The van der Waals surface area contributed by atoms with Gasteiger partial charge in [-0.2, -0.15) is 0 Å². The van der Waals surface area contributed by atoms with Crippen LogP contribution in [0.2, 0.25) is 0 Å². The fourth-order valence-corrected chi connectivity index (χ4v) is 3.29. The van der Waals surface area contributed by atoms with Crippen molar-refractivity contribution in [1.82, 2.24) is 0 Å². The van der Waals surface area contributed by atoms with Gasteiger partial charge in [-0.05, 0) is 85.0 Å². The summed E-state index contributed by atoms with van der Waals surface area (Å²) in [4.78, 5) is 0. The first-order chi connectivity index (χ1) is 10.5. The lowest BCUT2D eigenvalue weighted by molar-refractivity contribution is 0.917. The lowest BCUT2D eigenvalue weighted by Crippen LogP contribution is -1.97. The Morgan fingerprint density at radius 3 is 1.27 bits per heavy atom. The van der Waals surface area contributed by atoms with Crippen molar-refractivity contribution in [1.29, 1.82) is 0 Å². The maximum atomic E-state index is 2.42. The van der Waals surface area contributed by atoms with Crippen LogP contribution in [0.25, 0.3) is 11.1 Å². The molecule has 0 spiro atoms. The van der Waals surface area contributed by atoms with Gasteiger partial charge in [-0.15, -0.1) is 0 Å². The maximum Gasteiger partial charge on any atom is -0.0146 e. The van der Waals surface area contributed by atoms with Crippen LogP contribution in [0.4, 0.5) is 0 Å². The molecular weight excluding hydrogens is 264 g/mol. The molecule has 0 aliphatic rings. The average molecular weight is 294 g/mol. The molecule has 2 rings (SSSR count). The Hall–Kier alpha value is -1.56. The lowest BCUT2D eigenvalue weighted by Gasteiger charge is -2.17. The smallest absolute Gasteiger partial charge is 0.0146 e. The predicted octanol–water partition coefficient (Wildman–Crippen LogP) is 6.49. The molecule has 2 aromatic rings. The molecule has 22 heavy (non-hydrogen) atoms. The Morgan fingerprint density at radius 1 is 0.591 bits per heavy atom. The number of hydrogen-bond donors (Lipinski definition) is 0. The summed E-state index contributed by atoms with van der Waals surface area (Å²) in [6.45, 7) is 13.5. The maximum absolute atomic E-state index is 2.42. The van der Waals surface area contributed by atoms with Crippen molar-refractivity contribution in [3.63, 3.8) is 0 Å². The molecule has 0 aliphatic carbocycles. The average Bonchev–Trinajstić information content (AvgIpc) is 2.47. The molecule has 0 aromatic heterocycles. The molecule has 0 saturated carbocycles. The van der Waals surface area contributed by atoms with Crippen LogP contribution >= 0.6 is 0 Å². The van der Waals surface area contributed by atoms with E-state index >= 15 is 0 Å². The van der Waals surface area contributed by atoms with Gasteiger partial charge in [0.2, 0.25) is 0 Å². The molecule has 0 saturated heterocycles. The largest absolute Gasteiger partial charge is 0.0651 e. The van der Waals surface area contributed by atoms with E-state index in [4.69, 9.17) is 0 Å². The second-order valence-corrected chi connectivity index (χ2v) is 6.67. The summed E-state index contributed by atoms with van der Waals surface area (Å²) in [6.07, 6.45) is 4.74. The zero-order valence-corrected chi connectivity index (χ0v) is 15.1. The third-order valence-corrected chi connectivity index (χ3v) is 4.82. The van der Waals surface area contributed by atoms with Gasteiger partial charge in [0.15, 0.2) is 0 Å². The Bertz CT molecular complexity index is 603. The van der Waals surface area contributed by atoms with Crippen molar-refractivity contribution in [2.24, 2.45) is 0 Å². The van der Waals surface area contributed by atoms with Gasteiger partial charge >= 0.3 is 0 Å². The van der Waals surface area contributed by atoms with Crippen molar-refractivity contribution in [3.05, 3.63) is 57.6 Å². The molecule has 2 aromatic carbocycles. The van der Waals surface area contributed by atoms with Crippen molar-refractivity contribution >= 4 is 0 Å². The molecule has 0 amide bonds. The molecule has 0 radical (unpaired) electrons. The van der Waals surface area contributed by atoms with E-state index in [1.54, 1.807) is 0 Å². The Labute approximate surface area is 136 Å². The zero-order chi connectivity index (χ0) is 16.3. The highest BCUT2D eigenvalue weighted by Gasteiger charge is 2.11. The van der Waals surface area contributed by atoms with Gasteiger partial charge < -0.3 is 0 Å². The van der Waals surface area contributed by atoms with Crippen molar-refractivity contribution < 1.29 is 0 Å². The Kier molecular flexibility index (Phi) is 5.45.